The maximum atomic E-state index is 4.06. The van der Waals surface area contributed by atoms with Crippen molar-refractivity contribution in [2.75, 3.05) is 0 Å². The summed E-state index contributed by atoms with van der Waals surface area (Å²) in [5.74, 6) is 0. The average molecular weight is 133 g/mol. The molecule has 0 unspecified atom stereocenters. The van der Waals surface area contributed by atoms with E-state index in [0.29, 0.717) is 0 Å². The molecular weight excluding hydrogens is 130 g/mol. The Morgan fingerprint density at radius 2 is 2.56 bits per heavy atom. The van der Waals surface area contributed by atoms with Gasteiger partial charge in [-0.2, -0.15) is 0 Å². The van der Waals surface area contributed by atoms with E-state index in [1.165, 1.54) is 0 Å². The summed E-state index contributed by atoms with van der Waals surface area (Å²) in [6, 6.07) is 9.58. The third-order valence-corrected chi connectivity index (χ3v) is 1.88. The molecule has 2 heteroatoms. The third-order valence-electron chi connectivity index (χ3n) is 1.10. The molecule has 0 aliphatic heterocycles. The van der Waals surface area contributed by atoms with E-state index < -0.39 is 0 Å². The van der Waals surface area contributed by atoms with Crippen LogP contribution in [0.1, 0.15) is 0 Å². The number of fused-ring (bicyclic) bond motifs is 1. The van der Waals surface area contributed by atoms with Gasteiger partial charge >= 0.3 is 0 Å². The Kier molecular flexibility index (Phi) is 0.993. The summed E-state index contributed by atoms with van der Waals surface area (Å²) in [5, 5.41) is 0. The fourth-order valence-corrected chi connectivity index (χ4v) is 1.32. The highest BCUT2D eigenvalue weighted by atomic mass is 32.1. The van der Waals surface area contributed by atoms with Gasteiger partial charge in [0.25, 0.3) is 0 Å². The van der Waals surface area contributed by atoms with Gasteiger partial charge in [0, 0.05) is 6.07 Å². The number of aromatic nitrogens is 1. The van der Waals surface area contributed by atoms with Crippen LogP contribution in [0.15, 0.2) is 17.6 Å². The molecule has 0 spiro atoms. The van der Waals surface area contributed by atoms with Crippen LogP contribution in [0.2, 0.25) is 0 Å². The normalized spacial score (nSPS) is 10.2. The first-order valence-electron chi connectivity index (χ1n) is 2.58. The molecule has 0 aliphatic rings. The molecule has 0 amide bonds. The lowest BCUT2D eigenvalue weighted by Gasteiger charge is -1.79. The van der Waals surface area contributed by atoms with Gasteiger partial charge in [-0.05, 0) is 18.2 Å². The van der Waals surface area contributed by atoms with Crippen LogP contribution in [-0.2, 0) is 0 Å². The van der Waals surface area contributed by atoms with Crippen LogP contribution >= 0.6 is 11.3 Å². The van der Waals surface area contributed by atoms with Crippen molar-refractivity contribution in [3.8, 4) is 0 Å². The molecule has 0 atom stereocenters. The second-order valence-electron chi connectivity index (χ2n) is 1.66. The summed E-state index contributed by atoms with van der Waals surface area (Å²) in [6.07, 6.45) is 0. The molecule has 0 fully saturated rings. The maximum Gasteiger partial charge on any atom is 0.0891 e. The number of rotatable bonds is 0. The predicted molar refractivity (Wildman–Crippen MR) is 37.3 cm³/mol. The molecule has 2 rings (SSSR count). The molecule has 0 bridgehead atoms. The molecule has 0 saturated carbocycles. The fourth-order valence-electron chi connectivity index (χ4n) is 0.693. The van der Waals surface area contributed by atoms with Crippen LogP contribution in [0.5, 0.6) is 0 Å². The van der Waals surface area contributed by atoms with Gasteiger partial charge < -0.3 is 0 Å². The van der Waals surface area contributed by atoms with Crippen LogP contribution in [0.25, 0.3) is 10.2 Å². The first kappa shape index (κ1) is 4.94. The predicted octanol–water partition coefficient (Wildman–Crippen LogP) is 1.90. The van der Waals surface area contributed by atoms with Crippen molar-refractivity contribution in [1.82, 2.24) is 4.98 Å². The van der Waals surface area contributed by atoms with E-state index in [2.05, 4.69) is 17.1 Å². The van der Waals surface area contributed by atoms with Crippen LogP contribution < -0.4 is 0 Å². The standard InChI is InChI=1S/C7H3NS/c1-2-4-7-6(3-1)8-5-9-7/h1,4-5H. The summed E-state index contributed by atoms with van der Waals surface area (Å²) < 4.78 is 1.15. The molecule has 1 aromatic heterocycles. The van der Waals surface area contributed by atoms with Crippen molar-refractivity contribution in [2.45, 2.75) is 0 Å². The van der Waals surface area contributed by atoms with Gasteiger partial charge in [-0.3, -0.25) is 0 Å². The van der Waals surface area contributed by atoms with Crippen LogP contribution in [0.4, 0.5) is 0 Å². The fraction of sp³-hybridized carbons (Fsp3) is 0. The SMILES string of the molecule is [c]1c[c]c2ncsc2c1. The lowest BCUT2D eigenvalue weighted by atomic mass is 10.3. The minimum Gasteiger partial charge on any atom is -0.244 e. The Morgan fingerprint density at radius 1 is 1.56 bits per heavy atom. The minimum atomic E-state index is 0.943. The zero-order valence-corrected chi connectivity index (χ0v) is 5.40. The molecule has 2 radical (unpaired) electrons. The first-order valence-corrected chi connectivity index (χ1v) is 3.46. The van der Waals surface area contributed by atoms with Gasteiger partial charge in [0.2, 0.25) is 0 Å². The molecule has 1 nitrogen and oxygen atoms in total. The molecule has 1 heterocycles. The Balaban J connectivity index is 2.95. The van der Waals surface area contributed by atoms with Crippen LogP contribution in [0, 0.1) is 12.1 Å². The van der Waals surface area contributed by atoms with E-state index in [-0.39, 0.29) is 0 Å². The molecule has 0 aliphatic carbocycles. The summed E-state index contributed by atoms with van der Waals surface area (Å²) in [6.45, 7) is 0. The minimum absolute atomic E-state index is 0.943. The van der Waals surface area contributed by atoms with Crippen molar-refractivity contribution in [2.24, 2.45) is 0 Å². The van der Waals surface area contributed by atoms with Gasteiger partial charge in [-0.15, -0.1) is 11.3 Å². The van der Waals surface area contributed by atoms with Crippen molar-refractivity contribution in [3.05, 3.63) is 29.8 Å². The van der Waals surface area contributed by atoms with Crippen molar-refractivity contribution in [3.63, 3.8) is 0 Å². The van der Waals surface area contributed by atoms with Crippen LogP contribution in [-0.4, -0.2) is 4.98 Å². The monoisotopic (exact) mass is 133 g/mol. The topological polar surface area (TPSA) is 12.9 Å². The largest absolute Gasteiger partial charge is 0.244 e. The summed E-state index contributed by atoms with van der Waals surface area (Å²) in [5.41, 5.74) is 2.76. The molecule has 0 saturated heterocycles. The molecule has 9 heavy (non-hydrogen) atoms. The number of nitrogens with zero attached hydrogens (tertiary/aromatic N) is 1. The van der Waals surface area contributed by atoms with E-state index >= 15 is 0 Å². The van der Waals surface area contributed by atoms with Gasteiger partial charge in [-0.1, -0.05) is 0 Å². The quantitative estimate of drug-likeness (QED) is 0.534. The number of thiazole rings is 1. The second-order valence-corrected chi connectivity index (χ2v) is 2.55. The summed E-state index contributed by atoms with van der Waals surface area (Å²) in [7, 11) is 0. The summed E-state index contributed by atoms with van der Waals surface area (Å²) >= 11 is 1.61. The lowest BCUT2D eigenvalue weighted by molar-refractivity contribution is 1.50. The second kappa shape index (κ2) is 1.81. The third kappa shape index (κ3) is 0.715. The Labute approximate surface area is 57.0 Å². The Morgan fingerprint density at radius 3 is 3.44 bits per heavy atom. The lowest BCUT2D eigenvalue weighted by Crippen LogP contribution is -1.62. The maximum absolute atomic E-state index is 4.06. The average Bonchev–Trinajstić information content (AvgIpc) is 2.33. The Hall–Kier alpha value is -0.890. The van der Waals surface area contributed by atoms with Gasteiger partial charge in [0.05, 0.1) is 15.7 Å². The zero-order chi connectivity index (χ0) is 6.10. The molecule has 1 aromatic carbocycles. The Bertz CT molecular complexity index is 283. The van der Waals surface area contributed by atoms with E-state index in [1.54, 1.807) is 17.4 Å². The molecule has 2 aromatic rings. The van der Waals surface area contributed by atoms with Crippen LogP contribution in [0.3, 0.4) is 0 Å². The van der Waals surface area contributed by atoms with Gasteiger partial charge in [-0.25, -0.2) is 4.98 Å². The first-order chi connectivity index (χ1) is 4.47. The van der Waals surface area contributed by atoms with Gasteiger partial charge in [0.15, 0.2) is 0 Å². The highest BCUT2D eigenvalue weighted by molar-refractivity contribution is 7.16. The van der Waals surface area contributed by atoms with E-state index in [1.807, 2.05) is 11.6 Å². The zero-order valence-electron chi connectivity index (χ0n) is 4.59. The molecule has 42 valence electrons. The van der Waals surface area contributed by atoms with Gasteiger partial charge in [0.1, 0.15) is 0 Å². The van der Waals surface area contributed by atoms with Crippen molar-refractivity contribution >= 4 is 21.6 Å². The molecular formula is C7H3NS. The highest BCUT2D eigenvalue weighted by Gasteiger charge is 1.90. The molecule has 0 N–H and O–H groups in total. The number of benzene rings is 1. The number of hydrogen-bond acceptors (Lipinski definition) is 2. The van der Waals surface area contributed by atoms with E-state index in [0.717, 1.165) is 10.2 Å². The highest BCUT2D eigenvalue weighted by Crippen LogP contribution is 2.14. The van der Waals surface area contributed by atoms with Crippen molar-refractivity contribution < 1.29 is 0 Å². The van der Waals surface area contributed by atoms with Crippen molar-refractivity contribution in [1.29, 1.82) is 0 Å². The smallest absolute Gasteiger partial charge is 0.0891 e. The number of hydrogen-bond donors (Lipinski definition) is 0. The summed E-state index contributed by atoms with van der Waals surface area (Å²) in [4.78, 5) is 4.06. The van der Waals surface area contributed by atoms with E-state index in [4.69, 9.17) is 0 Å². The van der Waals surface area contributed by atoms with E-state index in [9.17, 15) is 0 Å².